The van der Waals surface area contributed by atoms with Gasteiger partial charge in [-0.15, -0.1) is 0 Å². The number of nitrogens with one attached hydrogen (secondary N) is 2. The van der Waals surface area contributed by atoms with Crippen molar-refractivity contribution in [1.82, 2.24) is 0 Å². The maximum absolute atomic E-state index is 13.0. The Hall–Kier alpha value is -3.98. The Bertz CT molecular complexity index is 1450. The largest absolute Gasteiger partial charge is 0.423 e. The summed E-state index contributed by atoms with van der Waals surface area (Å²) < 4.78 is 45.2. The molecule has 32 heavy (non-hydrogen) atoms. The third kappa shape index (κ3) is 5.01. The number of carbonyl (C=O) groups is 1. The summed E-state index contributed by atoms with van der Waals surface area (Å²) in [5.41, 5.74) is 1.53. The highest BCUT2D eigenvalue weighted by Gasteiger charge is 2.14. The van der Waals surface area contributed by atoms with E-state index in [1.165, 1.54) is 18.2 Å². The van der Waals surface area contributed by atoms with Gasteiger partial charge < -0.3 is 9.73 Å². The summed E-state index contributed by atoms with van der Waals surface area (Å²) in [6.45, 7) is 0. The van der Waals surface area contributed by atoms with Crippen LogP contribution < -0.4 is 15.7 Å². The van der Waals surface area contributed by atoms with Crippen LogP contribution in [0.2, 0.25) is 0 Å². The molecular formula is C23H17FN2O5S. The minimum atomic E-state index is -3.85. The molecule has 9 heteroatoms. The number of benzene rings is 3. The van der Waals surface area contributed by atoms with E-state index in [2.05, 4.69) is 10.0 Å². The molecule has 0 aliphatic heterocycles. The van der Waals surface area contributed by atoms with Gasteiger partial charge in [0.05, 0.1) is 11.3 Å². The molecule has 1 heterocycles. The molecule has 0 unspecified atom stereocenters. The van der Waals surface area contributed by atoms with E-state index in [1.54, 1.807) is 48.5 Å². The van der Waals surface area contributed by atoms with E-state index < -0.39 is 21.5 Å². The Balaban J connectivity index is 1.40. The summed E-state index contributed by atoms with van der Waals surface area (Å²) in [7, 11) is -3.85. The molecule has 7 nitrogen and oxygen atoms in total. The lowest BCUT2D eigenvalue weighted by Gasteiger charge is -2.09. The van der Waals surface area contributed by atoms with Crippen LogP contribution in [-0.4, -0.2) is 14.3 Å². The first-order valence-electron chi connectivity index (χ1n) is 9.50. The van der Waals surface area contributed by atoms with E-state index in [0.717, 1.165) is 12.1 Å². The molecule has 1 aromatic heterocycles. The molecule has 3 aromatic carbocycles. The monoisotopic (exact) mass is 452 g/mol. The summed E-state index contributed by atoms with van der Waals surface area (Å²) in [4.78, 5) is 23.6. The van der Waals surface area contributed by atoms with Crippen molar-refractivity contribution < 1.29 is 22.0 Å². The topological polar surface area (TPSA) is 105 Å². The number of fused-ring (bicyclic) bond motifs is 1. The van der Waals surface area contributed by atoms with Gasteiger partial charge in [0.15, 0.2) is 0 Å². The number of hydrogen-bond acceptors (Lipinski definition) is 5. The van der Waals surface area contributed by atoms with Gasteiger partial charge in [-0.25, -0.2) is 17.6 Å². The Morgan fingerprint density at radius 2 is 1.56 bits per heavy atom. The van der Waals surface area contributed by atoms with Crippen molar-refractivity contribution in [2.45, 2.75) is 11.3 Å². The highest BCUT2D eigenvalue weighted by atomic mass is 32.2. The van der Waals surface area contributed by atoms with Crippen LogP contribution in [0.3, 0.4) is 0 Å². The highest BCUT2D eigenvalue weighted by molar-refractivity contribution is 7.92. The fourth-order valence-electron chi connectivity index (χ4n) is 3.06. The molecule has 0 fully saturated rings. The van der Waals surface area contributed by atoms with Crippen LogP contribution in [0.1, 0.15) is 5.56 Å². The summed E-state index contributed by atoms with van der Waals surface area (Å²) in [5.74, 6) is -0.789. The predicted octanol–water partition coefficient (Wildman–Crippen LogP) is 3.91. The number of amides is 1. The van der Waals surface area contributed by atoms with Gasteiger partial charge in [0, 0.05) is 22.8 Å². The van der Waals surface area contributed by atoms with Gasteiger partial charge in [-0.1, -0.05) is 12.1 Å². The minimum Gasteiger partial charge on any atom is -0.423 e. The van der Waals surface area contributed by atoms with E-state index in [1.807, 2.05) is 0 Å². The van der Waals surface area contributed by atoms with E-state index >= 15 is 0 Å². The number of sulfonamides is 1. The quantitative estimate of drug-likeness (QED) is 0.432. The molecular weight excluding hydrogens is 435 g/mol. The van der Waals surface area contributed by atoms with Crippen molar-refractivity contribution >= 4 is 38.3 Å². The predicted molar refractivity (Wildman–Crippen MR) is 118 cm³/mol. The van der Waals surface area contributed by atoms with Crippen molar-refractivity contribution in [3.8, 4) is 0 Å². The summed E-state index contributed by atoms with van der Waals surface area (Å²) in [5, 5.41) is 3.46. The molecule has 1 amide bonds. The van der Waals surface area contributed by atoms with Crippen molar-refractivity contribution in [3.63, 3.8) is 0 Å². The maximum atomic E-state index is 13.0. The van der Waals surface area contributed by atoms with Crippen molar-refractivity contribution in [2.24, 2.45) is 0 Å². The second-order valence-electron chi connectivity index (χ2n) is 6.99. The zero-order chi connectivity index (χ0) is 22.7. The first-order valence-corrected chi connectivity index (χ1v) is 11.0. The molecule has 0 atom stereocenters. The number of rotatable bonds is 6. The normalized spacial score (nSPS) is 11.3. The molecule has 4 rings (SSSR count). The zero-order valence-corrected chi connectivity index (χ0v) is 17.4. The second-order valence-corrected chi connectivity index (χ2v) is 8.67. The molecule has 162 valence electrons. The number of hydrogen-bond donors (Lipinski definition) is 2. The number of halogens is 1. The zero-order valence-electron chi connectivity index (χ0n) is 16.5. The fraction of sp³-hybridized carbons (Fsp3) is 0.0435. The first-order chi connectivity index (χ1) is 15.3. The van der Waals surface area contributed by atoms with E-state index in [0.29, 0.717) is 27.9 Å². The second kappa shape index (κ2) is 8.64. The lowest BCUT2D eigenvalue weighted by molar-refractivity contribution is -0.115. The molecule has 0 spiro atoms. The lowest BCUT2D eigenvalue weighted by Crippen LogP contribution is -2.15. The average Bonchev–Trinajstić information content (AvgIpc) is 2.75. The molecule has 0 bridgehead atoms. The van der Waals surface area contributed by atoms with Gasteiger partial charge in [-0.2, -0.15) is 0 Å². The third-order valence-corrected chi connectivity index (χ3v) is 6.00. The van der Waals surface area contributed by atoms with Crippen LogP contribution in [0.25, 0.3) is 11.0 Å². The van der Waals surface area contributed by atoms with Crippen LogP contribution in [0.5, 0.6) is 0 Å². The van der Waals surface area contributed by atoms with E-state index in [4.69, 9.17) is 4.42 Å². The Morgan fingerprint density at radius 3 is 2.28 bits per heavy atom. The van der Waals surface area contributed by atoms with Crippen molar-refractivity contribution in [1.29, 1.82) is 0 Å². The smallest absolute Gasteiger partial charge is 0.336 e. The van der Waals surface area contributed by atoms with Gasteiger partial charge >= 0.3 is 5.63 Å². The Morgan fingerprint density at radius 1 is 0.875 bits per heavy atom. The van der Waals surface area contributed by atoms with Crippen LogP contribution >= 0.6 is 0 Å². The van der Waals surface area contributed by atoms with Crippen molar-refractivity contribution in [2.75, 3.05) is 10.0 Å². The number of carbonyl (C=O) groups excluding carboxylic acids is 1. The van der Waals surface area contributed by atoms with Crippen LogP contribution in [-0.2, 0) is 21.2 Å². The SMILES string of the molecule is O=C(Cc1ccc(NS(=O)(=O)c2ccc(F)cc2)cc1)Nc1ccc2oc(=O)ccc2c1. The Labute approximate surface area is 182 Å². The molecule has 0 saturated heterocycles. The van der Waals surface area contributed by atoms with E-state index in [9.17, 15) is 22.4 Å². The maximum Gasteiger partial charge on any atom is 0.336 e. The molecule has 0 saturated carbocycles. The molecule has 0 aliphatic rings. The van der Waals surface area contributed by atoms with Gasteiger partial charge in [-0.05, 0) is 66.2 Å². The summed E-state index contributed by atoms with van der Waals surface area (Å²) >= 11 is 0. The summed E-state index contributed by atoms with van der Waals surface area (Å²) in [6, 6.07) is 18.7. The first kappa shape index (κ1) is 21.3. The molecule has 2 N–H and O–H groups in total. The van der Waals surface area contributed by atoms with Crippen LogP contribution in [0.15, 0.2) is 93.0 Å². The van der Waals surface area contributed by atoms with Crippen molar-refractivity contribution in [3.05, 3.63) is 101 Å². The van der Waals surface area contributed by atoms with Gasteiger partial charge in [0.1, 0.15) is 11.4 Å². The van der Waals surface area contributed by atoms with Crippen LogP contribution in [0.4, 0.5) is 15.8 Å². The molecule has 0 radical (unpaired) electrons. The highest BCUT2D eigenvalue weighted by Crippen LogP contribution is 2.19. The summed E-state index contributed by atoms with van der Waals surface area (Å²) in [6.07, 6.45) is 0.0763. The van der Waals surface area contributed by atoms with Gasteiger partial charge in [0.25, 0.3) is 10.0 Å². The Kier molecular flexibility index (Phi) is 5.74. The van der Waals surface area contributed by atoms with E-state index in [-0.39, 0.29) is 17.2 Å². The standard InChI is InChI=1S/C23H17FN2O5S/c24-17-4-9-20(10-5-17)32(29,30)26-18-6-1-15(2-7-18)13-22(27)25-19-8-11-21-16(14-19)3-12-23(28)31-21/h1-12,14,26H,13H2,(H,25,27). The fourth-order valence-corrected chi connectivity index (χ4v) is 4.12. The van der Waals surface area contributed by atoms with Crippen LogP contribution in [0, 0.1) is 5.82 Å². The average molecular weight is 452 g/mol. The molecule has 4 aromatic rings. The minimum absolute atomic E-state index is 0.0583. The molecule has 0 aliphatic carbocycles. The number of anilines is 2. The van der Waals surface area contributed by atoms with Gasteiger partial charge in [0.2, 0.25) is 5.91 Å². The van der Waals surface area contributed by atoms with Gasteiger partial charge in [-0.3, -0.25) is 9.52 Å². The lowest BCUT2D eigenvalue weighted by atomic mass is 10.1. The third-order valence-electron chi connectivity index (χ3n) is 4.60.